The van der Waals surface area contributed by atoms with Gasteiger partial charge in [0.15, 0.2) is 9.84 Å². The Labute approximate surface area is 146 Å². The number of carbonyl (C=O) groups is 1. The highest BCUT2D eigenvalue weighted by atomic mass is 35.5. The maximum Gasteiger partial charge on any atom is 0.387 e. The molecule has 0 fully saturated rings. The first-order valence-electron chi connectivity index (χ1n) is 6.79. The molecule has 1 aliphatic heterocycles. The van der Waals surface area contributed by atoms with E-state index in [4.69, 9.17) is 11.6 Å². The molecule has 1 aliphatic rings. The Balaban J connectivity index is 2.40. The summed E-state index contributed by atoms with van der Waals surface area (Å²) in [5, 5.41) is 7.12. The number of guanidine groups is 1. The van der Waals surface area contributed by atoms with Crippen LogP contribution in [0.2, 0.25) is 5.02 Å². The van der Waals surface area contributed by atoms with Crippen molar-refractivity contribution >= 4 is 33.3 Å². The minimum Gasteiger partial charge on any atom is -0.433 e. The van der Waals surface area contributed by atoms with E-state index in [1.807, 2.05) is 0 Å². The van der Waals surface area contributed by atoms with Crippen molar-refractivity contribution < 1.29 is 26.7 Å². The minimum atomic E-state index is -4.04. The van der Waals surface area contributed by atoms with Gasteiger partial charge in [-0.3, -0.25) is 15.1 Å². The fourth-order valence-electron chi connectivity index (χ4n) is 1.99. The van der Waals surface area contributed by atoms with E-state index in [9.17, 15) is 22.0 Å². The fourth-order valence-corrected chi connectivity index (χ4v) is 3.57. The minimum absolute atomic E-state index is 0.123. The number of amides is 1. The summed E-state index contributed by atoms with van der Waals surface area (Å²) < 4.78 is 52.9. The maximum absolute atomic E-state index is 12.5. The summed E-state index contributed by atoms with van der Waals surface area (Å²) >= 11 is 5.98. The maximum atomic E-state index is 12.5. The number of nitrogens with zero attached hydrogens (tertiary/aromatic N) is 2. The molecule has 0 saturated carbocycles. The van der Waals surface area contributed by atoms with Gasteiger partial charge in [-0.05, 0) is 19.1 Å². The third-order valence-electron chi connectivity index (χ3n) is 3.04. The number of sulfone groups is 1. The van der Waals surface area contributed by atoms with E-state index in [1.165, 1.54) is 5.01 Å². The molecular weight excluding hydrogens is 384 g/mol. The van der Waals surface area contributed by atoms with Crippen LogP contribution < -0.4 is 21.1 Å². The standard InChI is InChI=1S/C12H14ClF2N5O4S/c1-3-20-12(17-18-19-20)16-10(21)6-4-5-7(24-11(14)15)9(8(6)13)25(2,22)23/h4-5,11,18-19H,3H2,1-2H3,(H,16,17,21). The van der Waals surface area contributed by atoms with Crippen molar-refractivity contribution in [2.45, 2.75) is 18.4 Å². The first kappa shape index (κ1) is 19.1. The molecule has 0 atom stereocenters. The summed E-state index contributed by atoms with van der Waals surface area (Å²) in [5.74, 6) is -1.30. The number of halogens is 3. The summed E-state index contributed by atoms with van der Waals surface area (Å²) in [5.41, 5.74) is 4.81. The lowest BCUT2D eigenvalue weighted by Crippen LogP contribution is -2.47. The zero-order valence-corrected chi connectivity index (χ0v) is 14.6. The highest BCUT2D eigenvalue weighted by Crippen LogP contribution is 2.35. The molecule has 0 saturated heterocycles. The fraction of sp³-hybridized carbons (Fsp3) is 0.333. The summed E-state index contributed by atoms with van der Waals surface area (Å²) in [4.78, 5) is 11.7. The van der Waals surface area contributed by atoms with Gasteiger partial charge in [0.25, 0.3) is 5.91 Å². The van der Waals surface area contributed by atoms with Gasteiger partial charge < -0.3 is 4.74 Å². The van der Waals surface area contributed by atoms with Gasteiger partial charge in [0.05, 0.1) is 10.6 Å². The molecule has 0 radical (unpaired) electrons. The summed E-state index contributed by atoms with van der Waals surface area (Å²) in [6, 6.07) is 2.02. The van der Waals surface area contributed by atoms with Crippen LogP contribution in [0.3, 0.4) is 0 Å². The van der Waals surface area contributed by atoms with Crippen LogP contribution in [-0.4, -0.2) is 44.7 Å². The molecule has 13 heteroatoms. The van der Waals surface area contributed by atoms with Crippen LogP contribution in [0.25, 0.3) is 0 Å². The van der Waals surface area contributed by atoms with Crippen LogP contribution >= 0.6 is 11.6 Å². The monoisotopic (exact) mass is 397 g/mol. The smallest absolute Gasteiger partial charge is 0.387 e. The Morgan fingerprint density at radius 1 is 1.48 bits per heavy atom. The highest BCUT2D eigenvalue weighted by molar-refractivity contribution is 7.91. The molecule has 3 N–H and O–H groups in total. The van der Waals surface area contributed by atoms with Crippen molar-refractivity contribution in [3.05, 3.63) is 22.7 Å². The number of hydrazine groups is 2. The van der Waals surface area contributed by atoms with Crippen LogP contribution in [0, 0.1) is 0 Å². The predicted octanol–water partition coefficient (Wildman–Crippen LogP) is 0.690. The molecule has 1 aromatic carbocycles. The third-order valence-corrected chi connectivity index (χ3v) is 4.69. The number of hydrogen-bond acceptors (Lipinski definition) is 8. The average Bonchev–Trinajstić information content (AvgIpc) is 2.92. The van der Waals surface area contributed by atoms with Gasteiger partial charge in [-0.25, -0.2) is 14.0 Å². The second-order valence-electron chi connectivity index (χ2n) is 4.76. The number of ether oxygens (including phenoxy) is 1. The molecule has 0 bridgehead atoms. The molecule has 0 aromatic heterocycles. The topological polar surface area (TPSA) is 112 Å². The number of carbonyl (C=O) groups excluding carboxylic acids is 1. The Morgan fingerprint density at radius 2 is 2.16 bits per heavy atom. The number of hydrogen-bond donors (Lipinski definition) is 3. The van der Waals surface area contributed by atoms with Crippen LogP contribution in [-0.2, 0) is 9.84 Å². The molecule has 1 aromatic rings. The summed E-state index contributed by atoms with van der Waals surface area (Å²) in [7, 11) is -4.04. The van der Waals surface area contributed by atoms with Crippen LogP contribution in [0.15, 0.2) is 22.1 Å². The van der Waals surface area contributed by atoms with E-state index < -0.39 is 38.0 Å². The second kappa shape index (κ2) is 7.37. The number of nitrogens with one attached hydrogen (secondary N) is 3. The SMILES string of the molecule is CCN1NNN=C1NC(=O)c1ccc(OC(F)F)c(S(C)(=O)=O)c1Cl. The Hall–Kier alpha value is -2.18. The van der Waals surface area contributed by atoms with Gasteiger partial charge >= 0.3 is 6.61 Å². The molecule has 138 valence electrons. The highest BCUT2D eigenvalue weighted by Gasteiger charge is 2.27. The Kier molecular flexibility index (Phi) is 5.65. The lowest BCUT2D eigenvalue weighted by molar-refractivity contribution is -0.0517. The van der Waals surface area contributed by atoms with E-state index in [0.29, 0.717) is 6.54 Å². The average molecular weight is 398 g/mol. The largest absolute Gasteiger partial charge is 0.433 e. The van der Waals surface area contributed by atoms with Crippen molar-refractivity contribution in [2.75, 3.05) is 12.8 Å². The van der Waals surface area contributed by atoms with Crippen molar-refractivity contribution in [3.8, 4) is 5.75 Å². The summed E-state index contributed by atoms with van der Waals surface area (Å²) in [6.07, 6.45) is 0.766. The molecule has 2 rings (SSSR count). The number of alkyl halides is 2. The van der Waals surface area contributed by atoms with Crippen molar-refractivity contribution in [2.24, 2.45) is 5.10 Å². The molecule has 25 heavy (non-hydrogen) atoms. The predicted molar refractivity (Wildman–Crippen MR) is 84.7 cm³/mol. The van der Waals surface area contributed by atoms with E-state index >= 15 is 0 Å². The molecule has 0 unspecified atom stereocenters. The van der Waals surface area contributed by atoms with Crippen LogP contribution in [0.5, 0.6) is 5.75 Å². The van der Waals surface area contributed by atoms with Crippen molar-refractivity contribution in [1.82, 2.24) is 21.4 Å². The molecular formula is C12H14ClF2N5O4S. The second-order valence-corrected chi connectivity index (χ2v) is 7.09. The van der Waals surface area contributed by atoms with Gasteiger partial charge in [-0.15, -0.1) is 10.6 Å². The number of hydrazone groups is 1. The molecule has 0 aliphatic carbocycles. The molecule has 1 heterocycles. The van der Waals surface area contributed by atoms with Crippen molar-refractivity contribution in [1.29, 1.82) is 0 Å². The first-order chi connectivity index (χ1) is 11.6. The van der Waals surface area contributed by atoms with E-state index in [-0.39, 0.29) is 11.5 Å². The lowest BCUT2D eigenvalue weighted by Gasteiger charge is -2.17. The van der Waals surface area contributed by atoms with Gasteiger partial charge in [0.1, 0.15) is 10.6 Å². The molecule has 0 spiro atoms. The normalized spacial score (nSPS) is 14.3. The first-order valence-corrected chi connectivity index (χ1v) is 9.06. The Bertz CT molecular complexity index is 818. The van der Waals surface area contributed by atoms with Gasteiger partial charge in [-0.2, -0.15) is 8.78 Å². The molecule has 9 nitrogen and oxygen atoms in total. The molecule has 1 amide bonds. The van der Waals surface area contributed by atoms with E-state index in [0.717, 1.165) is 18.4 Å². The third kappa shape index (κ3) is 4.27. The number of rotatable bonds is 5. The van der Waals surface area contributed by atoms with Gasteiger partial charge in [-0.1, -0.05) is 11.6 Å². The van der Waals surface area contributed by atoms with Gasteiger partial charge in [0.2, 0.25) is 5.96 Å². The Morgan fingerprint density at radius 3 is 2.72 bits per heavy atom. The quantitative estimate of drug-likeness (QED) is 0.670. The van der Waals surface area contributed by atoms with Gasteiger partial charge in [0, 0.05) is 12.8 Å². The summed E-state index contributed by atoms with van der Waals surface area (Å²) in [6.45, 7) is -1.01. The lowest BCUT2D eigenvalue weighted by atomic mass is 10.2. The van der Waals surface area contributed by atoms with Crippen molar-refractivity contribution in [3.63, 3.8) is 0 Å². The number of benzene rings is 1. The zero-order chi connectivity index (χ0) is 18.8. The van der Waals surface area contributed by atoms with Crippen LogP contribution in [0.4, 0.5) is 8.78 Å². The van der Waals surface area contributed by atoms with E-state index in [2.05, 4.69) is 26.2 Å². The van der Waals surface area contributed by atoms with E-state index in [1.54, 1.807) is 6.92 Å². The zero-order valence-electron chi connectivity index (χ0n) is 13.0. The van der Waals surface area contributed by atoms with Crippen LogP contribution in [0.1, 0.15) is 17.3 Å².